The molecule has 1 N–H and O–H groups in total. The van der Waals surface area contributed by atoms with Gasteiger partial charge in [0.2, 0.25) is 0 Å². The van der Waals surface area contributed by atoms with Crippen LogP contribution in [-0.4, -0.2) is 25.0 Å². The van der Waals surface area contributed by atoms with E-state index < -0.39 is 0 Å². The maximum Gasteiger partial charge on any atom is 0.278 e. The summed E-state index contributed by atoms with van der Waals surface area (Å²) in [4.78, 5) is 18.1. The molecule has 0 saturated heterocycles. The van der Waals surface area contributed by atoms with Gasteiger partial charge in [0.05, 0.1) is 10.7 Å². The Bertz CT molecular complexity index is 646. The first-order valence-electron chi connectivity index (χ1n) is 5.90. The fourth-order valence-corrected chi connectivity index (χ4v) is 2.10. The topological polar surface area (TPSA) is 45.2 Å². The van der Waals surface area contributed by atoms with Crippen LogP contribution in [0.2, 0.25) is 10.0 Å². The van der Waals surface area contributed by atoms with Gasteiger partial charge >= 0.3 is 0 Å². The predicted molar refractivity (Wildman–Crippen MR) is 83.0 cm³/mol. The Morgan fingerprint density at radius 1 is 1.25 bits per heavy atom. The number of hydrogen-bond donors (Lipinski definition) is 1. The molecular formula is C14H13Cl2N3O. The van der Waals surface area contributed by atoms with Crippen molar-refractivity contribution in [3.8, 4) is 0 Å². The van der Waals surface area contributed by atoms with Crippen LogP contribution in [0.3, 0.4) is 0 Å². The van der Waals surface area contributed by atoms with Crippen molar-refractivity contribution in [2.75, 3.05) is 24.3 Å². The van der Waals surface area contributed by atoms with Gasteiger partial charge in [0.1, 0.15) is 0 Å². The summed E-state index contributed by atoms with van der Waals surface area (Å²) in [6.07, 6.45) is 1.45. The van der Waals surface area contributed by atoms with Gasteiger partial charge in [-0.05, 0) is 24.3 Å². The molecule has 0 bridgehead atoms. The molecule has 20 heavy (non-hydrogen) atoms. The molecule has 2 rings (SSSR count). The van der Waals surface area contributed by atoms with E-state index in [0.717, 1.165) is 0 Å². The predicted octanol–water partition coefficient (Wildman–Crippen LogP) is 3.71. The summed E-state index contributed by atoms with van der Waals surface area (Å²) in [7, 11) is 3.38. The molecule has 0 saturated carbocycles. The van der Waals surface area contributed by atoms with Crippen LogP contribution >= 0.6 is 23.2 Å². The Labute approximate surface area is 127 Å². The van der Waals surface area contributed by atoms with E-state index in [1.165, 1.54) is 11.1 Å². The van der Waals surface area contributed by atoms with Gasteiger partial charge in [-0.15, -0.1) is 0 Å². The van der Waals surface area contributed by atoms with E-state index in [4.69, 9.17) is 23.2 Å². The first-order valence-corrected chi connectivity index (χ1v) is 6.65. The van der Waals surface area contributed by atoms with Gasteiger partial charge in [0, 0.05) is 31.0 Å². The monoisotopic (exact) mass is 309 g/mol. The molecule has 2 aromatic rings. The molecule has 0 spiro atoms. The number of halogens is 2. The molecule has 0 fully saturated rings. The highest BCUT2D eigenvalue weighted by molar-refractivity contribution is 6.31. The van der Waals surface area contributed by atoms with E-state index in [9.17, 15) is 4.79 Å². The van der Waals surface area contributed by atoms with Crippen LogP contribution in [0.5, 0.6) is 0 Å². The number of nitrogens with zero attached hydrogens (tertiary/aromatic N) is 2. The number of amides is 1. The van der Waals surface area contributed by atoms with Crippen molar-refractivity contribution in [2.45, 2.75) is 0 Å². The lowest BCUT2D eigenvalue weighted by molar-refractivity contribution is 0.0989. The van der Waals surface area contributed by atoms with Gasteiger partial charge in [-0.2, -0.15) is 0 Å². The smallest absolute Gasteiger partial charge is 0.278 e. The molecule has 0 aliphatic heterocycles. The van der Waals surface area contributed by atoms with Gasteiger partial charge in [0.25, 0.3) is 5.91 Å². The van der Waals surface area contributed by atoms with Crippen molar-refractivity contribution >= 4 is 40.5 Å². The summed E-state index contributed by atoms with van der Waals surface area (Å²) in [5.74, 6) is -0.242. The number of carbonyl (C=O) groups excluding carboxylic acids is 1. The zero-order valence-electron chi connectivity index (χ0n) is 11.0. The summed E-state index contributed by atoms with van der Waals surface area (Å²) < 4.78 is 0. The molecule has 0 unspecified atom stereocenters. The van der Waals surface area contributed by atoms with Crippen molar-refractivity contribution in [3.05, 3.63) is 52.3 Å². The molecular weight excluding hydrogens is 297 g/mol. The number of aromatic nitrogens is 1. The zero-order chi connectivity index (χ0) is 14.7. The number of benzene rings is 1. The Hall–Kier alpha value is -1.78. The highest BCUT2D eigenvalue weighted by atomic mass is 35.5. The molecule has 4 nitrogen and oxygen atoms in total. The van der Waals surface area contributed by atoms with Crippen LogP contribution in [0.1, 0.15) is 10.5 Å². The third kappa shape index (κ3) is 3.03. The summed E-state index contributed by atoms with van der Waals surface area (Å²) >= 11 is 11.8. The van der Waals surface area contributed by atoms with Crippen molar-refractivity contribution < 1.29 is 4.79 Å². The van der Waals surface area contributed by atoms with E-state index >= 15 is 0 Å². The second kappa shape index (κ2) is 6.11. The minimum Gasteiger partial charge on any atom is -0.386 e. The lowest BCUT2D eigenvalue weighted by atomic mass is 10.2. The summed E-state index contributed by atoms with van der Waals surface area (Å²) in [5, 5.41) is 3.95. The van der Waals surface area contributed by atoms with E-state index in [2.05, 4.69) is 10.3 Å². The number of rotatable bonds is 3. The minimum absolute atomic E-state index is 0.242. The number of pyridine rings is 1. The lowest BCUT2D eigenvalue weighted by Crippen LogP contribution is -2.27. The molecule has 0 aliphatic carbocycles. The SMILES string of the molecule is CNc1cc(Cl)cnc1C(=O)N(C)c1cccc(Cl)c1. The van der Waals surface area contributed by atoms with Crippen LogP contribution in [-0.2, 0) is 0 Å². The fourth-order valence-electron chi connectivity index (χ4n) is 1.76. The van der Waals surface area contributed by atoms with E-state index in [-0.39, 0.29) is 5.91 Å². The molecule has 1 aromatic carbocycles. The molecule has 104 valence electrons. The Morgan fingerprint density at radius 2 is 2.00 bits per heavy atom. The van der Waals surface area contributed by atoms with Gasteiger partial charge in [-0.25, -0.2) is 4.98 Å². The Kier molecular flexibility index (Phi) is 4.47. The summed E-state index contributed by atoms with van der Waals surface area (Å²) in [5.41, 5.74) is 1.58. The molecule has 6 heteroatoms. The quantitative estimate of drug-likeness (QED) is 0.940. The largest absolute Gasteiger partial charge is 0.386 e. The summed E-state index contributed by atoms with van der Waals surface area (Å²) in [6.45, 7) is 0. The molecule has 0 radical (unpaired) electrons. The Balaban J connectivity index is 2.36. The highest BCUT2D eigenvalue weighted by Crippen LogP contribution is 2.23. The number of anilines is 2. The van der Waals surface area contributed by atoms with Gasteiger partial charge in [-0.1, -0.05) is 29.3 Å². The standard InChI is InChI=1S/C14H13Cl2N3O/c1-17-12-7-10(16)8-18-13(12)14(20)19(2)11-5-3-4-9(15)6-11/h3-8,17H,1-2H3. The van der Waals surface area contributed by atoms with Crippen LogP contribution in [0.4, 0.5) is 11.4 Å². The maximum absolute atomic E-state index is 12.5. The average molecular weight is 310 g/mol. The van der Waals surface area contributed by atoms with Gasteiger partial charge in [-0.3, -0.25) is 4.79 Å². The minimum atomic E-state index is -0.242. The van der Waals surface area contributed by atoms with Crippen molar-refractivity contribution in [1.82, 2.24) is 4.98 Å². The summed E-state index contributed by atoms with van der Waals surface area (Å²) in [6, 6.07) is 8.72. The molecule has 0 atom stereocenters. The van der Waals surface area contributed by atoms with Crippen LogP contribution in [0.15, 0.2) is 36.5 Å². The number of nitrogens with one attached hydrogen (secondary N) is 1. The third-order valence-electron chi connectivity index (χ3n) is 2.83. The second-order valence-electron chi connectivity index (χ2n) is 4.14. The molecule has 0 aliphatic rings. The molecule has 1 amide bonds. The third-order valence-corrected chi connectivity index (χ3v) is 3.27. The fraction of sp³-hybridized carbons (Fsp3) is 0.143. The second-order valence-corrected chi connectivity index (χ2v) is 5.02. The van der Waals surface area contributed by atoms with E-state index in [1.54, 1.807) is 44.4 Å². The van der Waals surface area contributed by atoms with E-state index in [0.29, 0.717) is 27.1 Å². The average Bonchev–Trinajstić information content (AvgIpc) is 2.45. The van der Waals surface area contributed by atoms with Gasteiger partial charge in [0.15, 0.2) is 5.69 Å². The van der Waals surface area contributed by atoms with Crippen LogP contribution in [0, 0.1) is 0 Å². The lowest BCUT2D eigenvalue weighted by Gasteiger charge is -2.18. The highest BCUT2D eigenvalue weighted by Gasteiger charge is 2.18. The van der Waals surface area contributed by atoms with Crippen LogP contribution in [0.25, 0.3) is 0 Å². The van der Waals surface area contributed by atoms with Crippen molar-refractivity contribution in [3.63, 3.8) is 0 Å². The van der Waals surface area contributed by atoms with Crippen molar-refractivity contribution in [1.29, 1.82) is 0 Å². The number of hydrogen-bond acceptors (Lipinski definition) is 3. The molecule has 1 aromatic heterocycles. The normalized spacial score (nSPS) is 10.2. The van der Waals surface area contributed by atoms with Crippen molar-refractivity contribution in [2.24, 2.45) is 0 Å². The van der Waals surface area contributed by atoms with Gasteiger partial charge < -0.3 is 10.2 Å². The number of carbonyl (C=O) groups is 1. The zero-order valence-corrected chi connectivity index (χ0v) is 12.5. The van der Waals surface area contributed by atoms with E-state index in [1.807, 2.05) is 0 Å². The maximum atomic E-state index is 12.5. The Morgan fingerprint density at radius 3 is 2.65 bits per heavy atom. The van der Waals surface area contributed by atoms with Crippen LogP contribution < -0.4 is 10.2 Å². The first kappa shape index (κ1) is 14.6. The molecule has 1 heterocycles. The first-order chi connectivity index (χ1) is 9.52.